The van der Waals surface area contributed by atoms with Gasteiger partial charge in [-0.05, 0) is 39.8 Å². The van der Waals surface area contributed by atoms with Crippen LogP contribution in [0.3, 0.4) is 0 Å². The number of nitrogens with zero attached hydrogens (tertiary/aromatic N) is 3. The molecule has 0 aliphatic carbocycles. The quantitative estimate of drug-likeness (QED) is 0.900. The van der Waals surface area contributed by atoms with Crippen LogP contribution in [0.2, 0.25) is 0 Å². The Labute approximate surface area is 115 Å². The van der Waals surface area contributed by atoms with E-state index in [4.69, 9.17) is 4.74 Å². The number of nitrogens with one attached hydrogen (secondary N) is 1. The SMILES string of the molecule is CCOc1ncnc(NC2CCN(C)CC2C)c1C. The second-order valence-corrected chi connectivity index (χ2v) is 5.36. The molecule has 0 saturated carbocycles. The Balaban J connectivity index is 2.08. The maximum Gasteiger partial charge on any atom is 0.221 e. The van der Waals surface area contributed by atoms with Gasteiger partial charge in [0.2, 0.25) is 5.88 Å². The first-order chi connectivity index (χ1) is 9.11. The average molecular weight is 264 g/mol. The van der Waals surface area contributed by atoms with Crippen LogP contribution >= 0.6 is 0 Å². The van der Waals surface area contributed by atoms with E-state index in [1.165, 1.54) is 0 Å². The first-order valence-electron chi connectivity index (χ1n) is 7.01. The van der Waals surface area contributed by atoms with Gasteiger partial charge in [-0.25, -0.2) is 9.97 Å². The molecule has 2 heterocycles. The highest BCUT2D eigenvalue weighted by Crippen LogP contribution is 2.24. The second kappa shape index (κ2) is 6.19. The van der Waals surface area contributed by atoms with Gasteiger partial charge in [-0.1, -0.05) is 6.92 Å². The Morgan fingerprint density at radius 3 is 2.95 bits per heavy atom. The minimum atomic E-state index is 0.472. The van der Waals surface area contributed by atoms with E-state index in [2.05, 4.69) is 34.2 Å². The molecule has 2 unspecified atom stereocenters. The molecular formula is C14H24N4O. The third-order valence-corrected chi connectivity index (χ3v) is 3.75. The lowest BCUT2D eigenvalue weighted by Crippen LogP contribution is -2.43. The van der Waals surface area contributed by atoms with Gasteiger partial charge < -0.3 is 15.0 Å². The van der Waals surface area contributed by atoms with Gasteiger partial charge in [0.05, 0.1) is 12.2 Å². The molecule has 0 radical (unpaired) electrons. The number of rotatable bonds is 4. The lowest BCUT2D eigenvalue weighted by Gasteiger charge is -2.35. The fraction of sp³-hybridized carbons (Fsp3) is 0.714. The van der Waals surface area contributed by atoms with Crippen molar-refractivity contribution in [2.45, 2.75) is 33.2 Å². The van der Waals surface area contributed by atoms with E-state index in [9.17, 15) is 0 Å². The van der Waals surface area contributed by atoms with E-state index in [1.807, 2.05) is 13.8 Å². The molecule has 5 nitrogen and oxygen atoms in total. The average Bonchev–Trinajstić information content (AvgIpc) is 2.37. The zero-order valence-corrected chi connectivity index (χ0v) is 12.3. The molecule has 0 aromatic carbocycles. The fourth-order valence-corrected chi connectivity index (χ4v) is 2.61. The van der Waals surface area contributed by atoms with E-state index in [0.29, 0.717) is 24.4 Å². The first kappa shape index (κ1) is 14.1. The minimum absolute atomic E-state index is 0.472. The molecule has 19 heavy (non-hydrogen) atoms. The predicted molar refractivity (Wildman–Crippen MR) is 76.6 cm³/mol. The van der Waals surface area contributed by atoms with Crippen LogP contribution in [0, 0.1) is 12.8 Å². The smallest absolute Gasteiger partial charge is 0.221 e. The van der Waals surface area contributed by atoms with Crippen LogP contribution in [0.4, 0.5) is 5.82 Å². The van der Waals surface area contributed by atoms with Gasteiger partial charge in [0.1, 0.15) is 12.1 Å². The summed E-state index contributed by atoms with van der Waals surface area (Å²) in [6, 6.07) is 0.472. The van der Waals surface area contributed by atoms with Gasteiger partial charge in [0.25, 0.3) is 0 Å². The molecule has 1 N–H and O–H groups in total. The van der Waals surface area contributed by atoms with Gasteiger partial charge >= 0.3 is 0 Å². The Kier molecular flexibility index (Phi) is 4.58. The molecule has 0 bridgehead atoms. The molecule has 1 fully saturated rings. The summed E-state index contributed by atoms with van der Waals surface area (Å²) >= 11 is 0. The number of anilines is 1. The fourth-order valence-electron chi connectivity index (χ4n) is 2.61. The van der Waals surface area contributed by atoms with E-state index < -0.39 is 0 Å². The summed E-state index contributed by atoms with van der Waals surface area (Å²) in [6.07, 6.45) is 2.71. The van der Waals surface area contributed by atoms with Crippen molar-refractivity contribution in [3.05, 3.63) is 11.9 Å². The molecular weight excluding hydrogens is 240 g/mol. The standard InChI is InChI=1S/C14H24N4O/c1-5-19-14-11(3)13(15-9-16-14)17-12-6-7-18(4)8-10(12)2/h9-10,12H,5-8H2,1-4H3,(H,15,16,17). The van der Waals surface area contributed by atoms with Crippen molar-refractivity contribution in [1.82, 2.24) is 14.9 Å². The number of hydrogen-bond acceptors (Lipinski definition) is 5. The maximum atomic E-state index is 5.51. The highest BCUT2D eigenvalue weighted by molar-refractivity contribution is 5.48. The topological polar surface area (TPSA) is 50.3 Å². The van der Waals surface area contributed by atoms with Crippen LogP contribution in [0.15, 0.2) is 6.33 Å². The van der Waals surface area contributed by atoms with Gasteiger partial charge in [0, 0.05) is 12.6 Å². The van der Waals surface area contributed by atoms with Crippen LogP contribution in [0.1, 0.15) is 25.8 Å². The Morgan fingerprint density at radius 1 is 1.47 bits per heavy atom. The first-order valence-corrected chi connectivity index (χ1v) is 7.01. The van der Waals surface area contributed by atoms with E-state index in [1.54, 1.807) is 6.33 Å². The Bertz CT molecular complexity index is 424. The normalized spacial score (nSPS) is 24.2. The molecule has 1 aromatic heterocycles. The third-order valence-electron chi connectivity index (χ3n) is 3.75. The summed E-state index contributed by atoms with van der Waals surface area (Å²) in [7, 11) is 2.18. The lowest BCUT2D eigenvalue weighted by molar-refractivity contribution is 0.206. The minimum Gasteiger partial charge on any atom is -0.478 e. The summed E-state index contributed by atoms with van der Waals surface area (Å²) in [6.45, 7) is 9.14. The highest BCUT2D eigenvalue weighted by Gasteiger charge is 2.25. The summed E-state index contributed by atoms with van der Waals surface area (Å²) in [5.41, 5.74) is 0.996. The van der Waals surface area contributed by atoms with Crippen LogP contribution < -0.4 is 10.1 Å². The Hall–Kier alpha value is -1.36. The molecule has 2 rings (SSSR count). The monoisotopic (exact) mass is 264 g/mol. The van der Waals surface area contributed by atoms with E-state index in [0.717, 1.165) is 30.9 Å². The molecule has 2 atom stereocenters. The van der Waals surface area contributed by atoms with Crippen molar-refractivity contribution in [2.24, 2.45) is 5.92 Å². The molecule has 0 amide bonds. The zero-order valence-electron chi connectivity index (χ0n) is 12.3. The summed E-state index contributed by atoms with van der Waals surface area (Å²) in [5.74, 6) is 2.20. The van der Waals surface area contributed by atoms with E-state index >= 15 is 0 Å². The number of likely N-dealkylation sites (tertiary alicyclic amines) is 1. The van der Waals surface area contributed by atoms with Crippen LogP contribution in [0.5, 0.6) is 5.88 Å². The number of piperidine rings is 1. The second-order valence-electron chi connectivity index (χ2n) is 5.36. The maximum absolute atomic E-state index is 5.51. The molecule has 1 aliphatic rings. The van der Waals surface area contributed by atoms with Crippen molar-refractivity contribution in [1.29, 1.82) is 0 Å². The third kappa shape index (κ3) is 3.35. The number of ether oxygens (including phenoxy) is 1. The largest absolute Gasteiger partial charge is 0.478 e. The van der Waals surface area contributed by atoms with Crippen molar-refractivity contribution in [3.63, 3.8) is 0 Å². The van der Waals surface area contributed by atoms with Gasteiger partial charge in [-0.2, -0.15) is 0 Å². The number of hydrogen-bond donors (Lipinski definition) is 1. The molecule has 1 aromatic rings. The van der Waals surface area contributed by atoms with Crippen molar-refractivity contribution < 1.29 is 4.74 Å². The molecule has 106 valence electrons. The van der Waals surface area contributed by atoms with E-state index in [-0.39, 0.29) is 0 Å². The predicted octanol–water partition coefficient (Wildman–Crippen LogP) is 1.94. The van der Waals surface area contributed by atoms with Crippen molar-refractivity contribution in [3.8, 4) is 5.88 Å². The van der Waals surface area contributed by atoms with Crippen LogP contribution in [-0.2, 0) is 0 Å². The zero-order chi connectivity index (χ0) is 13.8. The van der Waals surface area contributed by atoms with Crippen molar-refractivity contribution >= 4 is 5.82 Å². The summed E-state index contributed by atoms with van der Waals surface area (Å²) < 4.78 is 5.51. The summed E-state index contributed by atoms with van der Waals surface area (Å²) in [5, 5.41) is 3.56. The Morgan fingerprint density at radius 2 is 2.26 bits per heavy atom. The summed E-state index contributed by atoms with van der Waals surface area (Å²) in [4.78, 5) is 10.9. The van der Waals surface area contributed by atoms with Crippen molar-refractivity contribution in [2.75, 3.05) is 32.1 Å². The van der Waals surface area contributed by atoms with Gasteiger partial charge in [-0.3, -0.25) is 0 Å². The molecule has 5 heteroatoms. The molecule has 0 spiro atoms. The van der Waals surface area contributed by atoms with Gasteiger partial charge in [-0.15, -0.1) is 0 Å². The highest BCUT2D eigenvalue weighted by atomic mass is 16.5. The molecule has 1 saturated heterocycles. The van der Waals surface area contributed by atoms with Gasteiger partial charge in [0.15, 0.2) is 0 Å². The van der Waals surface area contributed by atoms with Crippen LogP contribution in [0.25, 0.3) is 0 Å². The number of aromatic nitrogens is 2. The lowest BCUT2D eigenvalue weighted by atomic mass is 9.94. The molecule has 1 aliphatic heterocycles. The van der Waals surface area contributed by atoms with Crippen LogP contribution in [-0.4, -0.2) is 47.7 Å².